The molecule has 0 radical (unpaired) electrons. The Morgan fingerprint density at radius 1 is 0.895 bits per heavy atom. The number of benzene rings is 3. The summed E-state index contributed by atoms with van der Waals surface area (Å²) >= 11 is 0. The molecule has 0 saturated heterocycles. The van der Waals surface area contributed by atoms with E-state index in [0.29, 0.717) is 0 Å². The predicted molar refractivity (Wildman–Crippen MR) is 213 cm³/mol. The SMILES string of the molecule is CN(C)Cc1c(F)c2c(c(OCc3ccccc3)c1F)C(O)=C1C(=O)[C@]3(O[Si](C)(C)C(C)(C)C)C(=O)c4c(OCc5ccccc5)noc4[C@@H](N(C)C)[C@@H]3C[C@@H]1C2. The van der Waals surface area contributed by atoms with Gasteiger partial charge in [-0.25, -0.2) is 8.78 Å². The quantitative estimate of drug-likeness (QED) is 0.117. The van der Waals surface area contributed by atoms with Crippen LogP contribution < -0.4 is 9.47 Å². The van der Waals surface area contributed by atoms with Crippen molar-refractivity contribution in [2.75, 3.05) is 28.2 Å². The van der Waals surface area contributed by atoms with Gasteiger partial charge in [0.05, 0.1) is 11.6 Å². The summed E-state index contributed by atoms with van der Waals surface area (Å²) in [6.07, 6.45) is 0.0819. The Morgan fingerprint density at radius 3 is 2.05 bits per heavy atom. The van der Waals surface area contributed by atoms with Crippen molar-refractivity contribution in [2.24, 2.45) is 11.8 Å². The van der Waals surface area contributed by atoms with Gasteiger partial charge in [-0.05, 0) is 81.4 Å². The van der Waals surface area contributed by atoms with E-state index in [9.17, 15) is 5.11 Å². The molecular weight excluding hydrogens is 749 g/mol. The molecule has 0 aliphatic heterocycles. The molecule has 0 spiro atoms. The average molecular weight is 800 g/mol. The minimum absolute atomic E-state index is 0.00000992. The van der Waals surface area contributed by atoms with Gasteiger partial charge in [0.2, 0.25) is 11.6 Å². The maximum absolute atomic E-state index is 16.7. The molecule has 57 heavy (non-hydrogen) atoms. The van der Waals surface area contributed by atoms with E-state index in [1.165, 1.54) is 0 Å². The number of halogens is 2. The van der Waals surface area contributed by atoms with E-state index in [0.717, 1.165) is 11.1 Å². The molecule has 302 valence electrons. The molecule has 1 saturated carbocycles. The van der Waals surface area contributed by atoms with Crippen molar-refractivity contribution in [3.63, 3.8) is 0 Å². The van der Waals surface area contributed by atoms with E-state index in [1.54, 1.807) is 19.0 Å². The summed E-state index contributed by atoms with van der Waals surface area (Å²) in [5.41, 5.74) is -1.10. The van der Waals surface area contributed by atoms with Crippen molar-refractivity contribution in [1.82, 2.24) is 15.0 Å². The molecule has 3 aromatic carbocycles. The second-order valence-corrected chi connectivity index (χ2v) is 22.2. The van der Waals surface area contributed by atoms with Crippen LogP contribution in [-0.2, 0) is 35.4 Å². The number of nitrogens with zero attached hydrogens (tertiary/aromatic N) is 3. The highest BCUT2D eigenvalue weighted by atomic mass is 28.4. The van der Waals surface area contributed by atoms with Gasteiger partial charge >= 0.3 is 0 Å². The summed E-state index contributed by atoms with van der Waals surface area (Å²) in [6, 6.07) is 17.8. The molecule has 0 amide bonds. The molecule has 4 atom stereocenters. The first-order chi connectivity index (χ1) is 26.9. The molecule has 1 fully saturated rings. The zero-order valence-electron chi connectivity index (χ0n) is 34.0. The lowest BCUT2D eigenvalue weighted by atomic mass is 9.57. The van der Waals surface area contributed by atoms with Crippen LogP contribution >= 0.6 is 0 Å². The van der Waals surface area contributed by atoms with Crippen LogP contribution in [0.5, 0.6) is 11.6 Å². The molecule has 13 heteroatoms. The number of rotatable bonds is 11. The molecule has 0 unspecified atom stereocenters. The summed E-state index contributed by atoms with van der Waals surface area (Å²) in [5.74, 6) is -5.60. The number of fused-ring (bicyclic) bond motifs is 4. The number of carbonyl (C=O) groups excluding carboxylic acids is 2. The maximum Gasteiger partial charge on any atom is 0.265 e. The lowest BCUT2D eigenvalue weighted by molar-refractivity contribution is -0.140. The first-order valence-corrected chi connectivity index (χ1v) is 22.2. The van der Waals surface area contributed by atoms with Gasteiger partial charge in [0, 0.05) is 29.2 Å². The number of ether oxygens (including phenoxy) is 2. The highest BCUT2D eigenvalue weighted by molar-refractivity contribution is 6.74. The van der Waals surface area contributed by atoms with E-state index in [4.69, 9.17) is 18.4 Å². The van der Waals surface area contributed by atoms with Gasteiger partial charge in [0.1, 0.15) is 30.4 Å². The zero-order chi connectivity index (χ0) is 41.2. The van der Waals surface area contributed by atoms with Gasteiger partial charge in [-0.1, -0.05) is 81.4 Å². The highest BCUT2D eigenvalue weighted by Crippen LogP contribution is 2.59. The van der Waals surface area contributed by atoms with E-state index in [2.05, 4.69) is 5.16 Å². The number of aliphatic hydroxyl groups excluding tert-OH is 1. The van der Waals surface area contributed by atoms with Crippen molar-refractivity contribution in [1.29, 1.82) is 0 Å². The van der Waals surface area contributed by atoms with Crippen LogP contribution in [0, 0.1) is 23.5 Å². The van der Waals surface area contributed by atoms with Crippen LogP contribution in [0.1, 0.15) is 77.2 Å². The highest BCUT2D eigenvalue weighted by Gasteiger charge is 2.69. The van der Waals surface area contributed by atoms with Crippen LogP contribution in [0.4, 0.5) is 8.78 Å². The van der Waals surface area contributed by atoms with Gasteiger partial charge in [0.25, 0.3) is 5.88 Å². The molecule has 1 heterocycles. The topological polar surface area (TPSA) is 115 Å². The van der Waals surface area contributed by atoms with Gasteiger partial charge in [-0.15, -0.1) is 0 Å². The summed E-state index contributed by atoms with van der Waals surface area (Å²) in [6.45, 7) is 9.89. The average Bonchev–Trinajstić information content (AvgIpc) is 3.57. The zero-order valence-corrected chi connectivity index (χ0v) is 35.0. The van der Waals surface area contributed by atoms with E-state index >= 15 is 18.4 Å². The number of hydrogen-bond acceptors (Lipinski definition) is 10. The minimum Gasteiger partial charge on any atom is -0.507 e. The van der Waals surface area contributed by atoms with Crippen LogP contribution in [0.3, 0.4) is 0 Å². The third kappa shape index (κ3) is 6.81. The van der Waals surface area contributed by atoms with Crippen LogP contribution in [0.25, 0.3) is 5.76 Å². The third-order valence-electron chi connectivity index (χ3n) is 12.1. The Morgan fingerprint density at radius 2 is 1.49 bits per heavy atom. The number of aromatic nitrogens is 1. The second kappa shape index (κ2) is 14.9. The fourth-order valence-corrected chi connectivity index (χ4v) is 9.83. The summed E-state index contributed by atoms with van der Waals surface area (Å²) < 4.78 is 58.7. The first kappa shape index (κ1) is 40.5. The smallest absolute Gasteiger partial charge is 0.265 e. The van der Waals surface area contributed by atoms with Crippen molar-refractivity contribution in [3.8, 4) is 11.6 Å². The van der Waals surface area contributed by atoms with Crippen molar-refractivity contribution < 1.29 is 41.9 Å². The molecule has 10 nitrogen and oxygen atoms in total. The molecule has 4 aromatic rings. The molecule has 3 aliphatic rings. The number of aliphatic hydroxyl groups is 1. The normalized spacial score (nSPS) is 22.0. The van der Waals surface area contributed by atoms with Crippen molar-refractivity contribution >= 4 is 25.6 Å². The van der Waals surface area contributed by atoms with Crippen molar-refractivity contribution in [3.05, 3.63) is 117 Å². The predicted octanol–water partition coefficient (Wildman–Crippen LogP) is 8.46. The Bertz CT molecular complexity index is 2230. The van der Waals surface area contributed by atoms with Crippen LogP contribution in [-0.4, -0.2) is 73.7 Å². The van der Waals surface area contributed by atoms with Gasteiger partial charge in [-0.3, -0.25) is 14.5 Å². The molecule has 3 aliphatic carbocycles. The Hall–Kier alpha value is -4.69. The Labute approximate surface area is 333 Å². The minimum atomic E-state index is -3.01. The van der Waals surface area contributed by atoms with E-state index < -0.39 is 65.8 Å². The van der Waals surface area contributed by atoms with Crippen LogP contribution in [0.2, 0.25) is 18.1 Å². The van der Waals surface area contributed by atoms with Gasteiger partial charge in [0.15, 0.2) is 31.2 Å². The maximum atomic E-state index is 16.7. The van der Waals surface area contributed by atoms with Gasteiger partial charge in [-0.2, -0.15) is 0 Å². The lowest BCUT2D eigenvalue weighted by Gasteiger charge is -2.55. The number of hydrogen-bond donors (Lipinski definition) is 1. The van der Waals surface area contributed by atoms with Gasteiger partial charge < -0.3 is 28.4 Å². The summed E-state index contributed by atoms with van der Waals surface area (Å²) in [5, 5.41) is 16.2. The van der Waals surface area contributed by atoms with Crippen LogP contribution in [0.15, 0.2) is 70.8 Å². The third-order valence-corrected chi connectivity index (χ3v) is 16.6. The number of carbonyl (C=O) groups is 2. The monoisotopic (exact) mass is 799 g/mol. The second-order valence-electron chi connectivity index (χ2n) is 17.5. The van der Waals surface area contributed by atoms with E-state index in [-0.39, 0.29) is 77.8 Å². The fourth-order valence-electron chi connectivity index (χ4n) is 8.38. The lowest BCUT2D eigenvalue weighted by Crippen LogP contribution is -2.68. The molecule has 7 rings (SSSR count). The Kier molecular flexibility index (Phi) is 10.6. The molecular formula is C44H51F2N3O7Si. The molecule has 0 bridgehead atoms. The fraction of sp³-hybridized carbons (Fsp3) is 0.432. The number of Topliss-reactive ketones (excluding diaryl/α,β-unsaturated/α-hetero) is 2. The summed E-state index contributed by atoms with van der Waals surface area (Å²) in [7, 11) is 4.05. The number of ketones is 2. The molecule has 1 aromatic heterocycles. The van der Waals surface area contributed by atoms with E-state index in [1.807, 2.05) is 114 Å². The largest absolute Gasteiger partial charge is 0.507 e. The van der Waals surface area contributed by atoms with Crippen molar-refractivity contribution in [2.45, 2.75) is 83.1 Å². The Balaban J connectivity index is 1.44. The summed E-state index contributed by atoms with van der Waals surface area (Å²) in [4.78, 5) is 34.7. The first-order valence-electron chi connectivity index (χ1n) is 19.3. The standard InChI is InChI=1S/C44H51F2N3O7Si/c1-43(2,3)57(8,9)56-44-30(36(49(6)7)39-33(41(44)52)42(47-55-39)54-24-26-18-14-11-15-19-26)21-27-20-28-32(37(50)31(27)40(44)51)38(53-23-25-16-12-10-13-17-25)35(46)29(34(28)45)22-48(4)5/h10-19,27,30,36,50H,20-24H2,1-9H3/t27-,30-,36-,44-/m0/s1. The molecule has 1 N–H and O–H groups in total.